The molecule has 5 heteroatoms. The number of benzene rings is 1. The molecule has 1 aromatic carbocycles. The highest BCUT2D eigenvalue weighted by atomic mass is 16.1. The summed E-state index contributed by atoms with van der Waals surface area (Å²) in [5.41, 5.74) is 1.60. The van der Waals surface area contributed by atoms with Crippen molar-refractivity contribution in [2.24, 2.45) is 0 Å². The van der Waals surface area contributed by atoms with E-state index in [0.29, 0.717) is 24.6 Å². The van der Waals surface area contributed by atoms with Crippen LogP contribution in [0.1, 0.15) is 22.5 Å². The van der Waals surface area contributed by atoms with Gasteiger partial charge in [0.25, 0.3) is 5.91 Å². The molecule has 1 aromatic heterocycles. The van der Waals surface area contributed by atoms with Gasteiger partial charge in [-0.2, -0.15) is 0 Å². The van der Waals surface area contributed by atoms with Crippen LogP contribution in [0.15, 0.2) is 55.4 Å². The van der Waals surface area contributed by atoms with Gasteiger partial charge in [-0.05, 0) is 18.4 Å². The molecule has 114 valence electrons. The number of hydrogen-bond donors (Lipinski definition) is 2. The number of hydrogen-bond acceptors (Lipinski definition) is 4. The summed E-state index contributed by atoms with van der Waals surface area (Å²) in [6.07, 6.45) is 6.58. The van der Waals surface area contributed by atoms with Crippen LogP contribution in [0.3, 0.4) is 0 Å². The number of aromatic nitrogens is 2. The Labute approximate surface area is 130 Å². The molecule has 2 N–H and O–H groups in total. The predicted molar refractivity (Wildman–Crippen MR) is 87.8 cm³/mol. The maximum Gasteiger partial charge on any atom is 0.271 e. The lowest BCUT2D eigenvalue weighted by atomic mass is 10.1. The van der Waals surface area contributed by atoms with Crippen molar-refractivity contribution >= 4 is 11.7 Å². The topological polar surface area (TPSA) is 66.9 Å². The standard InChI is InChI=1S/C17H20N4O/c1-2-10-18-16-13-20-15(12-21-16)17(22)19-11-6-9-14-7-4-3-5-8-14/h2-5,7-8,12-13H,1,6,9-11H2,(H,18,21)(H,19,22). The zero-order valence-corrected chi connectivity index (χ0v) is 12.5. The van der Waals surface area contributed by atoms with Gasteiger partial charge < -0.3 is 10.6 Å². The summed E-state index contributed by atoms with van der Waals surface area (Å²) in [5.74, 6) is 0.427. The maximum absolute atomic E-state index is 11.9. The monoisotopic (exact) mass is 296 g/mol. The molecule has 1 amide bonds. The summed E-state index contributed by atoms with van der Waals surface area (Å²) >= 11 is 0. The van der Waals surface area contributed by atoms with Gasteiger partial charge in [0.1, 0.15) is 11.5 Å². The normalized spacial score (nSPS) is 10.0. The second kappa shape index (κ2) is 8.56. The minimum atomic E-state index is -0.198. The number of carbonyl (C=O) groups is 1. The van der Waals surface area contributed by atoms with Gasteiger partial charge in [0, 0.05) is 13.1 Å². The summed E-state index contributed by atoms with van der Waals surface area (Å²) < 4.78 is 0. The molecule has 1 heterocycles. The Morgan fingerprint density at radius 1 is 1.18 bits per heavy atom. The first-order chi connectivity index (χ1) is 10.8. The molecule has 0 aliphatic heterocycles. The Morgan fingerprint density at radius 3 is 2.68 bits per heavy atom. The molecule has 0 spiro atoms. The van der Waals surface area contributed by atoms with Crippen molar-refractivity contribution < 1.29 is 4.79 Å². The van der Waals surface area contributed by atoms with E-state index in [2.05, 4.69) is 39.3 Å². The number of nitrogens with zero attached hydrogens (tertiary/aromatic N) is 2. The average Bonchev–Trinajstić information content (AvgIpc) is 2.58. The third-order valence-corrected chi connectivity index (χ3v) is 3.08. The molecular weight excluding hydrogens is 276 g/mol. The van der Waals surface area contributed by atoms with Crippen LogP contribution in [0, 0.1) is 0 Å². The van der Waals surface area contributed by atoms with Crippen LogP contribution in [-0.4, -0.2) is 29.0 Å². The molecule has 0 radical (unpaired) electrons. The second-order valence-electron chi connectivity index (χ2n) is 4.80. The van der Waals surface area contributed by atoms with Crippen LogP contribution >= 0.6 is 0 Å². The van der Waals surface area contributed by atoms with E-state index in [4.69, 9.17) is 0 Å². The third-order valence-electron chi connectivity index (χ3n) is 3.08. The molecule has 0 atom stereocenters. The van der Waals surface area contributed by atoms with Crippen LogP contribution in [-0.2, 0) is 6.42 Å². The van der Waals surface area contributed by atoms with Gasteiger partial charge in [0.2, 0.25) is 0 Å². The molecule has 0 bridgehead atoms. The Kier molecular flexibility index (Phi) is 6.11. The van der Waals surface area contributed by atoms with Gasteiger partial charge in [-0.1, -0.05) is 36.4 Å². The van der Waals surface area contributed by atoms with E-state index in [1.807, 2.05) is 18.2 Å². The maximum atomic E-state index is 11.9. The van der Waals surface area contributed by atoms with E-state index < -0.39 is 0 Å². The van der Waals surface area contributed by atoms with Crippen molar-refractivity contribution in [3.8, 4) is 0 Å². The van der Waals surface area contributed by atoms with Gasteiger partial charge in [-0.15, -0.1) is 6.58 Å². The van der Waals surface area contributed by atoms with Crippen molar-refractivity contribution in [1.29, 1.82) is 0 Å². The van der Waals surface area contributed by atoms with Crippen LogP contribution in [0.5, 0.6) is 0 Å². The molecule has 0 unspecified atom stereocenters. The number of aryl methyl sites for hydroxylation is 1. The lowest BCUT2D eigenvalue weighted by molar-refractivity contribution is 0.0948. The van der Waals surface area contributed by atoms with Crippen molar-refractivity contribution in [3.63, 3.8) is 0 Å². The lowest BCUT2D eigenvalue weighted by Gasteiger charge is -2.06. The predicted octanol–water partition coefficient (Wildman–Crippen LogP) is 2.44. The fourth-order valence-electron chi connectivity index (χ4n) is 1.94. The first kappa shape index (κ1) is 15.7. The first-order valence-electron chi connectivity index (χ1n) is 7.28. The van der Waals surface area contributed by atoms with Crippen molar-refractivity contribution in [2.45, 2.75) is 12.8 Å². The number of anilines is 1. The van der Waals surface area contributed by atoms with Gasteiger partial charge in [0.05, 0.1) is 12.4 Å². The molecule has 0 fully saturated rings. The molecule has 0 saturated carbocycles. The molecule has 0 aliphatic rings. The molecule has 0 saturated heterocycles. The second-order valence-corrected chi connectivity index (χ2v) is 4.80. The molecule has 2 aromatic rings. The quantitative estimate of drug-likeness (QED) is 0.580. The van der Waals surface area contributed by atoms with Crippen molar-refractivity contribution in [3.05, 3.63) is 66.6 Å². The number of carbonyl (C=O) groups excluding carboxylic acids is 1. The average molecular weight is 296 g/mol. The Morgan fingerprint density at radius 2 is 2.00 bits per heavy atom. The van der Waals surface area contributed by atoms with E-state index in [1.54, 1.807) is 12.3 Å². The summed E-state index contributed by atoms with van der Waals surface area (Å²) in [4.78, 5) is 20.2. The summed E-state index contributed by atoms with van der Waals surface area (Å²) in [6, 6.07) is 10.2. The highest BCUT2D eigenvalue weighted by molar-refractivity contribution is 5.91. The van der Waals surface area contributed by atoms with Crippen LogP contribution in [0.2, 0.25) is 0 Å². The Bertz CT molecular complexity index is 596. The third kappa shape index (κ3) is 5.01. The molecular formula is C17H20N4O. The fraction of sp³-hybridized carbons (Fsp3) is 0.235. The van der Waals surface area contributed by atoms with E-state index in [-0.39, 0.29) is 5.91 Å². The summed E-state index contributed by atoms with van der Waals surface area (Å²) in [5, 5.41) is 5.86. The largest absolute Gasteiger partial charge is 0.365 e. The summed E-state index contributed by atoms with van der Waals surface area (Å²) in [7, 11) is 0. The van der Waals surface area contributed by atoms with Crippen LogP contribution in [0.4, 0.5) is 5.82 Å². The lowest BCUT2D eigenvalue weighted by Crippen LogP contribution is -2.25. The zero-order chi connectivity index (χ0) is 15.6. The van der Waals surface area contributed by atoms with Gasteiger partial charge in [0.15, 0.2) is 0 Å². The molecule has 2 rings (SSSR count). The van der Waals surface area contributed by atoms with Gasteiger partial charge in [-0.3, -0.25) is 4.79 Å². The summed E-state index contributed by atoms with van der Waals surface area (Å²) in [6.45, 7) is 4.84. The number of rotatable bonds is 8. The SMILES string of the molecule is C=CCNc1cnc(C(=O)NCCCc2ccccc2)cn1. The van der Waals surface area contributed by atoms with Crippen LogP contribution in [0.25, 0.3) is 0 Å². The smallest absolute Gasteiger partial charge is 0.271 e. The van der Waals surface area contributed by atoms with Crippen molar-refractivity contribution in [1.82, 2.24) is 15.3 Å². The minimum absolute atomic E-state index is 0.198. The van der Waals surface area contributed by atoms with Crippen LogP contribution < -0.4 is 10.6 Å². The fourth-order valence-corrected chi connectivity index (χ4v) is 1.94. The van der Waals surface area contributed by atoms with Gasteiger partial charge >= 0.3 is 0 Å². The number of amides is 1. The zero-order valence-electron chi connectivity index (χ0n) is 12.5. The first-order valence-corrected chi connectivity index (χ1v) is 7.28. The van der Waals surface area contributed by atoms with E-state index in [0.717, 1.165) is 12.8 Å². The Balaban J connectivity index is 1.73. The van der Waals surface area contributed by atoms with E-state index in [9.17, 15) is 4.79 Å². The highest BCUT2D eigenvalue weighted by Gasteiger charge is 2.07. The van der Waals surface area contributed by atoms with Crippen molar-refractivity contribution in [2.75, 3.05) is 18.4 Å². The Hall–Kier alpha value is -2.69. The highest BCUT2D eigenvalue weighted by Crippen LogP contribution is 2.03. The van der Waals surface area contributed by atoms with Gasteiger partial charge in [-0.25, -0.2) is 9.97 Å². The molecule has 22 heavy (non-hydrogen) atoms. The van der Waals surface area contributed by atoms with E-state index >= 15 is 0 Å². The molecule has 5 nitrogen and oxygen atoms in total. The van der Waals surface area contributed by atoms with E-state index in [1.165, 1.54) is 11.8 Å². The number of nitrogens with one attached hydrogen (secondary N) is 2. The molecule has 0 aliphatic carbocycles. The minimum Gasteiger partial charge on any atom is -0.365 e.